The van der Waals surface area contributed by atoms with Crippen molar-refractivity contribution in [2.24, 2.45) is 7.05 Å². The van der Waals surface area contributed by atoms with Gasteiger partial charge in [0.15, 0.2) is 0 Å². The molecule has 0 saturated heterocycles. The summed E-state index contributed by atoms with van der Waals surface area (Å²) >= 11 is 0. The van der Waals surface area contributed by atoms with E-state index in [-0.39, 0.29) is 5.97 Å². The van der Waals surface area contributed by atoms with E-state index in [0.29, 0.717) is 11.7 Å². The van der Waals surface area contributed by atoms with E-state index >= 15 is 0 Å². The number of rotatable bonds is 7. The summed E-state index contributed by atoms with van der Waals surface area (Å²) in [7, 11) is 3.36. The van der Waals surface area contributed by atoms with E-state index in [1.165, 1.54) is 7.11 Å². The summed E-state index contributed by atoms with van der Waals surface area (Å²) < 4.78 is 6.81. The average molecular weight is 468 g/mol. The van der Waals surface area contributed by atoms with Crippen molar-refractivity contribution in [1.29, 1.82) is 0 Å². The molecule has 0 spiro atoms. The van der Waals surface area contributed by atoms with Crippen molar-refractivity contribution in [2.45, 2.75) is 38.0 Å². The van der Waals surface area contributed by atoms with Crippen LogP contribution in [0, 0.1) is 0 Å². The summed E-state index contributed by atoms with van der Waals surface area (Å²) in [6, 6.07) is 16.6. The van der Waals surface area contributed by atoms with Crippen molar-refractivity contribution < 1.29 is 9.53 Å². The molecular weight excluding hydrogens is 438 g/mol. The van der Waals surface area contributed by atoms with Crippen LogP contribution in [0.15, 0.2) is 67.1 Å². The lowest BCUT2D eigenvalue weighted by Gasteiger charge is -2.14. The lowest BCUT2D eigenvalue weighted by Crippen LogP contribution is -2.21. The fourth-order valence-corrected chi connectivity index (χ4v) is 4.39. The average Bonchev–Trinajstić information content (AvgIpc) is 3.63. The summed E-state index contributed by atoms with van der Waals surface area (Å²) in [5.41, 5.74) is 5.77. The van der Waals surface area contributed by atoms with Gasteiger partial charge in [-0.3, -0.25) is 14.5 Å². The molecule has 0 atom stereocenters. The molecule has 2 heterocycles. The van der Waals surface area contributed by atoms with E-state index in [4.69, 9.17) is 4.74 Å². The first-order valence-corrected chi connectivity index (χ1v) is 11.8. The lowest BCUT2D eigenvalue weighted by atomic mass is 9.93. The van der Waals surface area contributed by atoms with E-state index in [0.717, 1.165) is 52.2 Å². The summed E-state index contributed by atoms with van der Waals surface area (Å²) in [4.78, 5) is 21.2. The third kappa shape index (κ3) is 4.30. The minimum Gasteiger partial charge on any atom is -0.468 e. The van der Waals surface area contributed by atoms with Crippen LogP contribution < -0.4 is 5.32 Å². The van der Waals surface area contributed by atoms with Gasteiger partial charge in [0, 0.05) is 18.8 Å². The maximum absolute atomic E-state index is 12.2. The minimum absolute atomic E-state index is 0.141. The Balaban J connectivity index is 1.37. The van der Waals surface area contributed by atoms with Crippen LogP contribution in [-0.2, 0) is 22.0 Å². The molecule has 1 aliphatic rings. The number of hydrogen-bond acceptors (Lipinski definition) is 6. The molecule has 35 heavy (non-hydrogen) atoms. The van der Waals surface area contributed by atoms with Gasteiger partial charge in [-0.1, -0.05) is 62.4 Å². The first-order chi connectivity index (χ1) is 16.9. The number of hydrogen-bond donors (Lipinski definition) is 1. The number of carbonyl (C=O) groups excluding carboxylic acids is 1. The van der Waals surface area contributed by atoms with Crippen LogP contribution >= 0.6 is 0 Å². The van der Waals surface area contributed by atoms with Crippen LogP contribution in [0.4, 0.5) is 11.6 Å². The molecule has 0 aliphatic heterocycles. The Kier molecular flexibility index (Phi) is 5.84. The standard InChI is InChI=1S/C28H29N5O2/c1-18(2)24-16-29-17-25(31-24)32-26-23(15-30-33(26)3)21-7-5-19(6-8-21)20-9-11-22(12-10-20)28(13-14-28)27(34)35-4/h5-12,15-18H,13-14H2,1-4H3,(H,31,32). The van der Waals surface area contributed by atoms with E-state index in [9.17, 15) is 4.79 Å². The highest BCUT2D eigenvalue weighted by Gasteiger charge is 2.52. The molecule has 1 N–H and O–H groups in total. The third-order valence-corrected chi connectivity index (χ3v) is 6.72. The molecule has 1 aliphatic carbocycles. The van der Waals surface area contributed by atoms with E-state index in [1.807, 2.05) is 25.4 Å². The zero-order valence-electron chi connectivity index (χ0n) is 20.4. The largest absolute Gasteiger partial charge is 0.468 e. The number of nitrogens with zero attached hydrogens (tertiary/aromatic N) is 4. The molecule has 178 valence electrons. The maximum atomic E-state index is 12.2. The number of methoxy groups -OCH3 is 1. The molecule has 0 amide bonds. The maximum Gasteiger partial charge on any atom is 0.316 e. The Morgan fingerprint density at radius 1 is 0.971 bits per heavy atom. The van der Waals surface area contributed by atoms with Crippen molar-refractivity contribution in [3.05, 3.63) is 78.4 Å². The number of aryl methyl sites for hydroxylation is 1. The predicted octanol–water partition coefficient (Wildman–Crippen LogP) is 5.62. The molecule has 0 unspecified atom stereocenters. The first-order valence-electron chi connectivity index (χ1n) is 11.8. The molecular formula is C28H29N5O2. The van der Waals surface area contributed by atoms with Crippen molar-refractivity contribution in [1.82, 2.24) is 19.7 Å². The van der Waals surface area contributed by atoms with Gasteiger partial charge in [0.25, 0.3) is 0 Å². The van der Waals surface area contributed by atoms with Gasteiger partial charge < -0.3 is 10.1 Å². The minimum atomic E-state index is -0.445. The molecule has 2 aromatic carbocycles. The molecule has 7 nitrogen and oxygen atoms in total. The van der Waals surface area contributed by atoms with Crippen molar-refractivity contribution >= 4 is 17.6 Å². The van der Waals surface area contributed by atoms with Crippen LogP contribution in [0.1, 0.15) is 43.9 Å². The highest BCUT2D eigenvalue weighted by Crippen LogP contribution is 2.49. The van der Waals surface area contributed by atoms with Gasteiger partial charge in [-0.15, -0.1) is 0 Å². The Bertz CT molecular complexity index is 1350. The molecule has 0 bridgehead atoms. The fraction of sp³-hybridized carbons (Fsp3) is 0.286. The Morgan fingerprint density at radius 2 is 1.60 bits per heavy atom. The van der Waals surface area contributed by atoms with Crippen LogP contribution in [-0.4, -0.2) is 32.8 Å². The quantitative estimate of drug-likeness (QED) is 0.356. The number of ether oxygens (including phenoxy) is 1. The van der Waals surface area contributed by atoms with Crippen molar-refractivity contribution in [3.63, 3.8) is 0 Å². The normalized spacial score (nSPS) is 14.1. The number of carbonyl (C=O) groups is 1. The molecule has 1 fully saturated rings. The van der Waals surface area contributed by atoms with Crippen LogP contribution in [0.5, 0.6) is 0 Å². The van der Waals surface area contributed by atoms with Gasteiger partial charge in [-0.2, -0.15) is 5.10 Å². The smallest absolute Gasteiger partial charge is 0.316 e. The summed E-state index contributed by atoms with van der Waals surface area (Å²) in [5, 5.41) is 7.85. The highest BCUT2D eigenvalue weighted by atomic mass is 16.5. The Labute approximate surface area is 205 Å². The summed E-state index contributed by atoms with van der Waals surface area (Å²) in [6.45, 7) is 4.20. The van der Waals surface area contributed by atoms with E-state index < -0.39 is 5.41 Å². The van der Waals surface area contributed by atoms with Gasteiger partial charge in [0.05, 0.1) is 30.6 Å². The second-order valence-electron chi connectivity index (χ2n) is 9.37. The molecule has 4 aromatic rings. The SMILES string of the molecule is COC(=O)C1(c2ccc(-c3ccc(-c4cnn(C)c4Nc4cncc(C(C)C)n4)cc3)cc2)CC1. The first kappa shape index (κ1) is 22.8. The van der Waals surface area contributed by atoms with Gasteiger partial charge in [0.1, 0.15) is 11.6 Å². The lowest BCUT2D eigenvalue weighted by molar-refractivity contribution is -0.143. The number of anilines is 2. The molecule has 2 aromatic heterocycles. The molecule has 5 rings (SSSR count). The van der Waals surface area contributed by atoms with Crippen molar-refractivity contribution in [3.8, 4) is 22.3 Å². The Hall–Kier alpha value is -4.00. The van der Waals surface area contributed by atoms with Crippen LogP contribution in [0.3, 0.4) is 0 Å². The van der Waals surface area contributed by atoms with Crippen LogP contribution in [0.25, 0.3) is 22.3 Å². The Morgan fingerprint density at radius 3 is 2.20 bits per heavy atom. The van der Waals surface area contributed by atoms with E-state index in [2.05, 4.69) is 70.6 Å². The van der Waals surface area contributed by atoms with Gasteiger partial charge in [0.2, 0.25) is 0 Å². The predicted molar refractivity (Wildman–Crippen MR) is 136 cm³/mol. The number of aromatic nitrogens is 4. The summed E-state index contributed by atoms with van der Waals surface area (Å²) in [6.07, 6.45) is 7.07. The monoisotopic (exact) mass is 467 g/mol. The van der Waals surface area contributed by atoms with Gasteiger partial charge in [-0.25, -0.2) is 4.98 Å². The van der Waals surface area contributed by atoms with Gasteiger partial charge >= 0.3 is 5.97 Å². The van der Waals surface area contributed by atoms with Crippen molar-refractivity contribution in [2.75, 3.05) is 12.4 Å². The zero-order valence-corrected chi connectivity index (χ0v) is 20.4. The molecule has 1 saturated carbocycles. The fourth-order valence-electron chi connectivity index (χ4n) is 4.39. The molecule has 0 radical (unpaired) electrons. The van der Waals surface area contributed by atoms with E-state index in [1.54, 1.807) is 17.1 Å². The third-order valence-electron chi connectivity index (χ3n) is 6.72. The number of benzene rings is 2. The van der Waals surface area contributed by atoms with Gasteiger partial charge in [-0.05, 0) is 41.0 Å². The van der Waals surface area contributed by atoms with Crippen LogP contribution in [0.2, 0.25) is 0 Å². The molecule has 7 heteroatoms. The number of esters is 1. The second kappa shape index (κ2) is 8.98. The number of nitrogens with one attached hydrogen (secondary N) is 1. The highest BCUT2D eigenvalue weighted by molar-refractivity contribution is 5.87. The topological polar surface area (TPSA) is 81.9 Å². The second-order valence-corrected chi connectivity index (χ2v) is 9.37. The zero-order chi connectivity index (χ0) is 24.6. The summed E-state index contributed by atoms with van der Waals surface area (Å²) in [5.74, 6) is 1.71.